The minimum Gasteiger partial charge on any atom is -0.371 e. The van der Waals surface area contributed by atoms with Crippen LogP contribution in [0.25, 0.3) is 0 Å². The van der Waals surface area contributed by atoms with Gasteiger partial charge in [0.1, 0.15) is 0 Å². The molecule has 2 rings (SSSR count). The summed E-state index contributed by atoms with van der Waals surface area (Å²) in [4.78, 5) is 2.46. The topological polar surface area (TPSA) is 29.3 Å². The van der Waals surface area contributed by atoms with E-state index < -0.39 is 0 Å². The zero-order chi connectivity index (χ0) is 13.8. The molecule has 0 unspecified atom stereocenters. The lowest BCUT2D eigenvalue weighted by atomic mass is 9.84. The lowest BCUT2D eigenvalue weighted by Gasteiger charge is -2.37. The van der Waals surface area contributed by atoms with Crippen LogP contribution >= 0.6 is 0 Å². The smallest absolute Gasteiger partial charge is 0.0414 e. The largest absolute Gasteiger partial charge is 0.371 e. The number of para-hydroxylation sites is 1. The maximum atomic E-state index is 6.10. The van der Waals surface area contributed by atoms with Crippen LogP contribution in [-0.2, 0) is 0 Å². The van der Waals surface area contributed by atoms with Crippen LogP contribution in [0.5, 0.6) is 0 Å². The molecule has 2 N–H and O–H groups in total. The van der Waals surface area contributed by atoms with Crippen molar-refractivity contribution in [2.24, 2.45) is 11.7 Å². The van der Waals surface area contributed by atoms with Crippen molar-refractivity contribution in [1.29, 1.82) is 0 Å². The van der Waals surface area contributed by atoms with Gasteiger partial charge in [0.05, 0.1) is 0 Å². The fraction of sp³-hybridized carbons (Fsp3) is 0.647. The molecule has 1 aromatic rings. The molecule has 0 saturated heterocycles. The molecule has 1 aromatic carbocycles. The Hall–Kier alpha value is -1.02. The zero-order valence-electron chi connectivity index (χ0n) is 12.6. The van der Waals surface area contributed by atoms with Gasteiger partial charge in [-0.3, -0.25) is 0 Å². The molecule has 1 aliphatic carbocycles. The average Bonchev–Trinajstić information content (AvgIpc) is 2.46. The van der Waals surface area contributed by atoms with E-state index in [0.29, 0.717) is 6.04 Å². The molecule has 106 valence electrons. The van der Waals surface area contributed by atoms with Crippen LogP contribution in [0, 0.1) is 5.92 Å². The van der Waals surface area contributed by atoms with Gasteiger partial charge in [-0.25, -0.2) is 0 Å². The number of hydrogen-bond donors (Lipinski definition) is 1. The summed E-state index contributed by atoms with van der Waals surface area (Å²) in [7, 11) is 2.23. The summed E-state index contributed by atoms with van der Waals surface area (Å²) in [5, 5.41) is 0. The van der Waals surface area contributed by atoms with E-state index in [1.165, 1.54) is 43.4 Å². The van der Waals surface area contributed by atoms with Gasteiger partial charge in [-0.05, 0) is 50.2 Å². The second kappa shape index (κ2) is 6.42. The zero-order valence-corrected chi connectivity index (χ0v) is 12.6. The van der Waals surface area contributed by atoms with E-state index in [-0.39, 0.29) is 6.04 Å². The van der Waals surface area contributed by atoms with Gasteiger partial charge in [-0.2, -0.15) is 0 Å². The van der Waals surface area contributed by atoms with Crippen molar-refractivity contribution in [3.63, 3.8) is 0 Å². The second-order valence-electron chi connectivity index (χ2n) is 6.04. The van der Waals surface area contributed by atoms with Crippen LogP contribution in [0.2, 0.25) is 0 Å². The van der Waals surface area contributed by atoms with Gasteiger partial charge in [-0.15, -0.1) is 0 Å². The summed E-state index contributed by atoms with van der Waals surface area (Å²) in [5.74, 6) is 0.952. The quantitative estimate of drug-likeness (QED) is 0.882. The van der Waals surface area contributed by atoms with E-state index in [1.807, 2.05) is 0 Å². The van der Waals surface area contributed by atoms with Gasteiger partial charge in [0.2, 0.25) is 0 Å². The first kappa shape index (κ1) is 14.4. The third-order valence-corrected chi connectivity index (χ3v) is 4.75. The molecule has 1 fully saturated rings. The highest BCUT2D eigenvalue weighted by atomic mass is 15.1. The average molecular weight is 260 g/mol. The fourth-order valence-electron chi connectivity index (χ4n) is 3.33. The Morgan fingerprint density at radius 2 is 1.84 bits per heavy atom. The number of nitrogens with two attached hydrogens (primary N) is 1. The summed E-state index contributed by atoms with van der Waals surface area (Å²) in [6, 6.07) is 9.37. The van der Waals surface area contributed by atoms with E-state index in [2.05, 4.69) is 50.1 Å². The molecule has 1 atom stereocenters. The van der Waals surface area contributed by atoms with Gasteiger partial charge in [0.15, 0.2) is 0 Å². The number of rotatable bonds is 4. The van der Waals surface area contributed by atoms with E-state index in [0.717, 1.165) is 5.92 Å². The Morgan fingerprint density at radius 1 is 1.21 bits per heavy atom. The molecule has 0 amide bonds. The summed E-state index contributed by atoms with van der Waals surface area (Å²) < 4.78 is 0. The fourth-order valence-corrected chi connectivity index (χ4v) is 3.33. The lowest BCUT2D eigenvalue weighted by Crippen LogP contribution is -2.36. The van der Waals surface area contributed by atoms with Crippen LogP contribution < -0.4 is 10.6 Å². The molecule has 0 aliphatic heterocycles. The van der Waals surface area contributed by atoms with Crippen molar-refractivity contribution in [2.75, 3.05) is 11.9 Å². The second-order valence-corrected chi connectivity index (χ2v) is 6.04. The molecule has 2 heteroatoms. The predicted molar refractivity (Wildman–Crippen MR) is 83.5 cm³/mol. The highest BCUT2D eigenvalue weighted by Crippen LogP contribution is 2.33. The van der Waals surface area contributed by atoms with Crippen molar-refractivity contribution >= 4 is 5.69 Å². The summed E-state index contributed by atoms with van der Waals surface area (Å²) in [5.41, 5.74) is 8.68. The molecule has 1 saturated carbocycles. The van der Waals surface area contributed by atoms with Gasteiger partial charge in [0.25, 0.3) is 0 Å². The summed E-state index contributed by atoms with van der Waals surface area (Å²) in [6.07, 6.45) is 6.75. The van der Waals surface area contributed by atoms with E-state index in [4.69, 9.17) is 5.73 Å². The SMILES string of the molecule is CCC1CCC(N(C)c2ccccc2[C@@H](C)N)CC1. The van der Waals surface area contributed by atoms with E-state index >= 15 is 0 Å². The molecule has 1 aliphatic rings. The van der Waals surface area contributed by atoms with Gasteiger partial charge < -0.3 is 10.6 Å². The Balaban J connectivity index is 2.10. The molecular formula is C17H28N2. The molecule has 0 heterocycles. The Labute approximate surface area is 118 Å². The number of benzene rings is 1. The molecule has 19 heavy (non-hydrogen) atoms. The van der Waals surface area contributed by atoms with Gasteiger partial charge >= 0.3 is 0 Å². The summed E-state index contributed by atoms with van der Waals surface area (Å²) >= 11 is 0. The van der Waals surface area contributed by atoms with Crippen molar-refractivity contribution in [3.05, 3.63) is 29.8 Å². The Morgan fingerprint density at radius 3 is 2.42 bits per heavy atom. The third-order valence-electron chi connectivity index (χ3n) is 4.75. The van der Waals surface area contributed by atoms with Crippen LogP contribution in [0.1, 0.15) is 57.6 Å². The molecular weight excluding hydrogens is 232 g/mol. The number of anilines is 1. The molecule has 0 aromatic heterocycles. The van der Waals surface area contributed by atoms with Crippen LogP contribution in [0.15, 0.2) is 24.3 Å². The summed E-state index contributed by atoms with van der Waals surface area (Å²) in [6.45, 7) is 4.39. The Bertz CT molecular complexity index is 392. The number of hydrogen-bond acceptors (Lipinski definition) is 2. The van der Waals surface area contributed by atoms with Gasteiger partial charge in [0, 0.05) is 24.8 Å². The molecule has 0 bridgehead atoms. The first-order valence-corrected chi connectivity index (χ1v) is 7.70. The normalized spacial score (nSPS) is 25.1. The van der Waals surface area contributed by atoms with E-state index in [9.17, 15) is 0 Å². The Kier molecular flexibility index (Phi) is 4.87. The predicted octanol–water partition coefficient (Wildman–Crippen LogP) is 4.11. The van der Waals surface area contributed by atoms with Crippen LogP contribution in [-0.4, -0.2) is 13.1 Å². The van der Waals surface area contributed by atoms with Crippen molar-refractivity contribution in [2.45, 2.75) is 58.0 Å². The molecule has 2 nitrogen and oxygen atoms in total. The minimum absolute atomic E-state index is 0.102. The third kappa shape index (κ3) is 3.30. The maximum Gasteiger partial charge on any atom is 0.0414 e. The monoisotopic (exact) mass is 260 g/mol. The lowest BCUT2D eigenvalue weighted by molar-refractivity contribution is 0.313. The molecule has 0 spiro atoms. The minimum atomic E-state index is 0.102. The first-order valence-electron chi connectivity index (χ1n) is 7.70. The number of nitrogens with zero attached hydrogens (tertiary/aromatic N) is 1. The highest BCUT2D eigenvalue weighted by Gasteiger charge is 2.24. The van der Waals surface area contributed by atoms with Crippen LogP contribution in [0.4, 0.5) is 5.69 Å². The highest BCUT2D eigenvalue weighted by molar-refractivity contribution is 5.55. The standard InChI is InChI=1S/C17H28N2/c1-4-14-9-11-15(12-10-14)19(3)17-8-6-5-7-16(17)13(2)18/h5-8,13-15H,4,9-12,18H2,1-3H3/t13-,14?,15?/m1/s1. The maximum absolute atomic E-state index is 6.10. The van der Waals surface area contributed by atoms with E-state index in [1.54, 1.807) is 0 Å². The van der Waals surface area contributed by atoms with Crippen molar-refractivity contribution in [1.82, 2.24) is 0 Å². The van der Waals surface area contributed by atoms with Crippen molar-refractivity contribution in [3.8, 4) is 0 Å². The van der Waals surface area contributed by atoms with Crippen molar-refractivity contribution < 1.29 is 0 Å². The van der Waals surface area contributed by atoms with Gasteiger partial charge in [-0.1, -0.05) is 31.5 Å². The van der Waals surface area contributed by atoms with Crippen LogP contribution in [0.3, 0.4) is 0 Å². The first-order chi connectivity index (χ1) is 9.13. The molecule has 0 radical (unpaired) electrons.